The van der Waals surface area contributed by atoms with Crippen LogP contribution >= 0.6 is 11.6 Å². The summed E-state index contributed by atoms with van der Waals surface area (Å²) < 4.78 is 27.4. The molecule has 1 aliphatic rings. The molecule has 0 unspecified atom stereocenters. The van der Waals surface area contributed by atoms with Gasteiger partial charge in [-0.05, 0) is 44.0 Å². The Morgan fingerprint density at radius 1 is 1.00 bits per heavy atom. The SMILES string of the molecule is Cc1ccc(S(=O)(=O)N(C(=O)NC(=O)Nc2ccccc2Cl)C2CCCCC2)cc1. The van der Waals surface area contributed by atoms with Crippen LogP contribution in [-0.4, -0.2) is 30.8 Å². The number of sulfonamides is 1. The van der Waals surface area contributed by atoms with E-state index in [0.717, 1.165) is 29.1 Å². The van der Waals surface area contributed by atoms with E-state index in [1.807, 2.05) is 6.92 Å². The van der Waals surface area contributed by atoms with Crippen molar-refractivity contribution in [2.45, 2.75) is 50.0 Å². The smallest absolute Gasteiger partial charge is 0.306 e. The molecule has 2 aromatic rings. The van der Waals surface area contributed by atoms with Crippen LogP contribution in [0.1, 0.15) is 37.7 Å². The maximum Gasteiger partial charge on any atom is 0.339 e. The van der Waals surface area contributed by atoms with Gasteiger partial charge in [-0.1, -0.05) is 60.7 Å². The molecular formula is C21H24ClN3O4S. The molecule has 2 N–H and O–H groups in total. The number of carbonyl (C=O) groups excluding carboxylic acids is 2. The summed E-state index contributed by atoms with van der Waals surface area (Å²) in [7, 11) is -4.13. The Hall–Kier alpha value is -2.58. The van der Waals surface area contributed by atoms with Gasteiger partial charge in [0.1, 0.15) is 0 Å². The molecular weight excluding hydrogens is 426 g/mol. The topological polar surface area (TPSA) is 95.6 Å². The Kier molecular flexibility index (Phi) is 6.99. The summed E-state index contributed by atoms with van der Waals surface area (Å²) in [5.41, 5.74) is 1.22. The number of aryl methyl sites for hydroxylation is 1. The van der Waals surface area contributed by atoms with E-state index >= 15 is 0 Å². The first-order chi connectivity index (χ1) is 14.3. The zero-order chi connectivity index (χ0) is 21.7. The highest BCUT2D eigenvalue weighted by Gasteiger charge is 2.37. The summed E-state index contributed by atoms with van der Waals surface area (Å²) in [6.45, 7) is 1.85. The molecule has 160 valence electrons. The lowest BCUT2D eigenvalue weighted by atomic mass is 9.96. The average Bonchev–Trinajstić information content (AvgIpc) is 2.70. The van der Waals surface area contributed by atoms with Crippen molar-refractivity contribution < 1.29 is 18.0 Å². The summed E-state index contributed by atoms with van der Waals surface area (Å²) in [6, 6.07) is 10.5. The van der Waals surface area contributed by atoms with Gasteiger partial charge in [0.15, 0.2) is 0 Å². The highest BCUT2D eigenvalue weighted by molar-refractivity contribution is 7.89. The fourth-order valence-electron chi connectivity index (χ4n) is 3.48. The lowest BCUT2D eigenvalue weighted by Crippen LogP contribution is -2.52. The Morgan fingerprint density at radius 3 is 2.27 bits per heavy atom. The second-order valence-corrected chi connectivity index (χ2v) is 9.49. The molecule has 0 saturated heterocycles. The molecule has 0 spiro atoms. The molecule has 0 aliphatic heterocycles. The van der Waals surface area contributed by atoms with Crippen LogP contribution in [0.4, 0.5) is 15.3 Å². The van der Waals surface area contributed by atoms with Crippen LogP contribution in [0.5, 0.6) is 0 Å². The lowest BCUT2D eigenvalue weighted by molar-refractivity contribution is 0.199. The first-order valence-corrected chi connectivity index (χ1v) is 11.6. The molecule has 9 heteroatoms. The lowest BCUT2D eigenvalue weighted by Gasteiger charge is -2.33. The van der Waals surface area contributed by atoms with Crippen molar-refractivity contribution >= 4 is 39.4 Å². The third-order valence-electron chi connectivity index (χ3n) is 5.03. The Balaban J connectivity index is 1.84. The maximum atomic E-state index is 13.3. The minimum atomic E-state index is -4.13. The van der Waals surface area contributed by atoms with Gasteiger partial charge in [0, 0.05) is 0 Å². The number of amides is 4. The molecule has 30 heavy (non-hydrogen) atoms. The van der Waals surface area contributed by atoms with E-state index in [-0.39, 0.29) is 4.90 Å². The number of carbonyl (C=O) groups is 2. The van der Waals surface area contributed by atoms with Crippen molar-refractivity contribution in [1.29, 1.82) is 0 Å². The predicted octanol–water partition coefficient (Wildman–Crippen LogP) is 4.91. The molecule has 1 aliphatic carbocycles. The largest absolute Gasteiger partial charge is 0.339 e. The van der Waals surface area contributed by atoms with Crippen LogP contribution < -0.4 is 10.6 Å². The second-order valence-electron chi connectivity index (χ2n) is 7.27. The van der Waals surface area contributed by atoms with Crippen molar-refractivity contribution in [3.63, 3.8) is 0 Å². The van der Waals surface area contributed by atoms with Gasteiger partial charge in [-0.2, -0.15) is 0 Å². The van der Waals surface area contributed by atoms with E-state index in [1.165, 1.54) is 12.1 Å². The van der Waals surface area contributed by atoms with Crippen molar-refractivity contribution in [2.24, 2.45) is 0 Å². The third kappa shape index (κ3) is 5.12. The number of nitrogens with zero attached hydrogens (tertiary/aromatic N) is 1. The first-order valence-electron chi connectivity index (χ1n) is 9.76. The van der Waals surface area contributed by atoms with Crippen molar-refractivity contribution in [3.05, 3.63) is 59.1 Å². The van der Waals surface area contributed by atoms with Gasteiger partial charge in [0.05, 0.1) is 21.6 Å². The number of imide groups is 1. The molecule has 0 atom stereocenters. The minimum Gasteiger partial charge on any atom is -0.306 e. The van der Waals surface area contributed by atoms with E-state index in [9.17, 15) is 18.0 Å². The number of urea groups is 2. The second kappa shape index (κ2) is 9.49. The summed E-state index contributed by atoms with van der Waals surface area (Å²) >= 11 is 6.02. The fraction of sp³-hybridized carbons (Fsp3) is 0.333. The molecule has 2 aromatic carbocycles. The Morgan fingerprint density at radius 2 is 1.63 bits per heavy atom. The Bertz CT molecular complexity index is 1020. The third-order valence-corrected chi connectivity index (χ3v) is 7.21. The van der Waals surface area contributed by atoms with Gasteiger partial charge in [-0.15, -0.1) is 0 Å². The average molecular weight is 450 g/mol. The summed E-state index contributed by atoms with van der Waals surface area (Å²) in [5.74, 6) is 0. The molecule has 3 rings (SSSR count). The number of hydrogen-bond acceptors (Lipinski definition) is 4. The van der Waals surface area contributed by atoms with Crippen LogP contribution in [0, 0.1) is 6.92 Å². The van der Waals surface area contributed by atoms with Crippen LogP contribution in [0.2, 0.25) is 5.02 Å². The highest BCUT2D eigenvalue weighted by Crippen LogP contribution is 2.28. The van der Waals surface area contributed by atoms with E-state index < -0.39 is 28.1 Å². The number of hydrogen-bond donors (Lipinski definition) is 2. The number of benzene rings is 2. The maximum absolute atomic E-state index is 13.3. The molecule has 4 amide bonds. The summed E-state index contributed by atoms with van der Waals surface area (Å²) in [5, 5.41) is 4.92. The van der Waals surface area contributed by atoms with Gasteiger partial charge in [-0.25, -0.2) is 22.3 Å². The molecule has 1 saturated carbocycles. The molecule has 0 heterocycles. The van der Waals surface area contributed by atoms with E-state index in [4.69, 9.17) is 11.6 Å². The number of nitrogens with one attached hydrogen (secondary N) is 2. The van der Waals surface area contributed by atoms with Crippen molar-refractivity contribution in [1.82, 2.24) is 9.62 Å². The summed E-state index contributed by atoms with van der Waals surface area (Å²) in [6.07, 6.45) is 3.76. The zero-order valence-electron chi connectivity index (χ0n) is 16.6. The minimum absolute atomic E-state index is 0.0142. The number of para-hydroxylation sites is 1. The first kappa shape index (κ1) is 22.1. The molecule has 0 radical (unpaired) electrons. The quantitative estimate of drug-likeness (QED) is 0.692. The van der Waals surface area contributed by atoms with Crippen LogP contribution in [0.3, 0.4) is 0 Å². The van der Waals surface area contributed by atoms with Gasteiger partial charge in [-0.3, -0.25) is 5.32 Å². The molecule has 7 nitrogen and oxygen atoms in total. The zero-order valence-corrected chi connectivity index (χ0v) is 18.2. The van der Waals surface area contributed by atoms with Crippen LogP contribution in [0.25, 0.3) is 0 Å². The van der Waals surface area contributed by atoms with Crippen molar-refractivity contribution in [3.8, 4) is 0 Å². The normalized spacial score (nSPS) is 14.7. The van der Waals surface area contributed by atoms with E-state index in [0.29, 0.717) is 23.6 Å². The predicted molar refractivity (Wildman–Crippen MR) is 116 cm³/mol. The van der Waals surface area contributed by atoms with E-state index in [2.05, 4.69) is 10.6 Å². The monoisotopic (exact) mass is 449 g/mol. The Labute approximate surface area is 181 Å². The van der Waals surface area contributed by atoms with Crippen molar-refractivity contribution in [2.75, 3.05) is 5.32 Å². The van der Waals surface area contributed by atoms with Gasteiger partial charge in [0.25, 0.3) is 10.0 Å². The number of anilines is 1. The number of halogens is 1. The summed E-state index contributed by atoms with van der Waals surface area (Å²) in [4.78, 5) is 25.3. The molecule has 1 fully saturated rings. The van der Waals surface area contributed by atoms with Gasteiger partial charge >= 0.3 is 12.1 Å². The van der Waals surface area contributed by atoms with E-state index in [1.54, 1.807) is 36.4 Å². The molecule has 0 bridgehead atoms. The van der Waals surface area contributed by atoms with Gasteiger partial charge in [0.2, 0.25) is 0 Å². The molecule has 0 aromatic heterocycles. The standard InChI is InChI=1S/C21H24ClN3O4S/c1-15-11-13-17(14-12-15)30(28,29)25(16-7-3-2-4-8-16)21(27)24-20(26)23-19-10-6-5-9-18(19)22/h5-6,9-14,16H,2-4,7-8H2,1H3,(H2,23,24,26,27). The highest BCUT2D eigenvalue weighted by atomic mass is 35.5. The van der Waals surface area contributed by atoms with Crippen LogP contribution in [-0.2, 0) is 10.0 Å². The van der Waals surface area contributed by atoms with Gasteiger partial charge < -0.3 is 5.32 Å². The van der Waals surface area contributed by atoms with Crippen LogP contribution in [0.15, 0.2) is 53.4 Å². The fourth-order valence-corrected chi connectivity index (χ4v) is 5.24. The number of rotatable bonds is 4.